The van der Waals surface area contributed by atoms with E-state index in [4.69, 9.17) is 16.3 Å². The Bertz CT molecular complexity index is 713. The van der Waals surface area contributed by atoms with Crippen molar-refractivity contribution in [2.45, 2.75) is 26.3 Å². The van der Waals surface area contributed by atoms with Gasteiger partial charge in [0.2, 0.25) is 0 Å². The molecule has 0 radical (unpaired) electrons. The van der Waals surface area contributed by atoms with Gasteiger partial charge in [0.25, 0.3) is 5.91 Å². The Morgan fingerprint density at radius 2 is 1.79 bits per heavy atom. The predicted octanol–water partition coefficient (Wildman–Crippen LogP) is 3.61. The van der Waals surface area contributed by atoms with Crippen LogP contribution in [-0.4, -0.2) is 18.5 Å². The Labute approximate surface area is 146 Å². The molecule has 0 aliphatic rings. The van der Waals surface area contributed by atoms with Gasteiger partial charge in [0.1, 0.15) is 0 Å². The van der Waals surface area contributed by atoms with Gasteiger partial charge in [-0.1, -0.05) is 59.6 Å². The molecule has 1 N–H and O–H groups in total. The number of rotatable bonds is 6. The minimum Gasteiger partial charge on any atom is -0.455 e. The van der Waals surface area contributed by atoms with Crippen molar-refractivity contribution in [3.05, 3.63) is 70.2 Å². The third-order valence-electron chi connectivity index (χ3n) is 3.58. The van der Waals surface area contributed by atoms with E-state index in [-0.39, 0.29) is 25.0 Å². The smallest absolute Gasteiger partial charge is 0.310 e. The van der Waals surface area contributed by atoms with E-state index >= 15 is 0 Å². The van der Waals surface area contributed by atoms with Gasteiger partial charge in [0.05, 0.1) is 12.5 Å². The summed E-state index contributed by atoms with van der Waals surface area (Å²) in [4.78, 5) is 23.7. The van der Waals surface area contributed by atoms with Crippen LogP contribution in [0.4, 0.5) is 0 Å². The van der Waals surface area contributed by atoms with Crippen molar-refractivity contribution in [2.24, 2.45) is 0 Å². The Balaban J connectivity index is 1.79. The zero-order valence-corrected chi connectivity index (χ0v) is 14.5. The molecule has 126 valence electrons. The van der Waals surface area contributed by atoms with Gasteiger partial charge in [-0.15, -0.1) is 0 Å². The van der Waals surface area contributed by atoms with E-state index in [1.165, 1.54) is 0 Å². The molecule has 0 saturated carbocycles. The van der Waals surface area contributed by atoms with Crippen molar-refractivity contribution < 1.29 is 14.3 Å². The molecular weight excluding hydrogens is 326 g/mol. The van der Waals surface area contributed by atoms with Crippen molar-refractivity contribution in [3.63, 3.8) is 0 Å². The minimum absolute atomic E-state index is 0.146. The Morgan fingerprint density at radius 3 is 2.46 bits per heavy atom. The van der Waals surface area contributed by atoms with Crippen LogP contribution in [0, 0.1) is 6.92 Å². The number of aryl methyl sites for hydroxylation is 1. The van der Waals surface area contributed by atoms with Crippen LogP contribution in [0.2, 0.25) is 5.02 Å². The fraction of sp³-hybridized carbons (Fsp3) is 0.263. The summed E-state index contributed by atoms with van der Waals surface area (Å²) in [6, 6.07) is 14.6. The third kappa shape index (κ3) is 5.39. The van der Waals surface area contributed by atoms with Crippen LogP contribution >= 0.6 is 11.6 Å². The van der Waals surface area contributed by atoms with Crippen LogP contribution < -0.4 is 5.32 Å². The maximum absolute atomic E-state index is 11.9. The summed E-state index contributed by atoms with van der Waals surface area (Å²) < 4.78 is 5.02. The van der Waals surface area contributed by atoms with E-state index in [9.17, 15) is 9.59 Å². The molecule has 0 aliphatic carbocycles. The summed E-state index contributed by atoms with van der Waals surface area (Å²) in [6.07, 6.45) is 0.146. The summed E-state index contributed by atoms with van der Waals surface area (Å²) in [5.74, 6) is -0.793. The quantitative estimate of drug-likeness (QED) is 0.814. The van der Waals surface area contributed by atoms with Crippen molar-refractivity contribution in [2.75, 3.05) is 6.61 Å². The largest absolute Gasteiger partial charge is 0.455 e. The molecule has 24 heavy (non-hydrogen) atoms. The second-order valence-corrected chi connectivity index (χ2v) is 6.04. The first kappa shape index (κ1) is 18.0. The van der Waals surface area contributed by atoms with Crippen LogP contribution in [-0.2, 0) is 20.7 Å². The van der Waals surface area contributed by atoms with E-state index in [0.717, 1.165) is 16.7 Å². The molecule has 2 aromatic carbocycles. The zero-order valence-electron chi connectivity index (χ0n) is 13.7. The monoisotopic (exact) mass is 345 g/mol. The predicted molar refractivity (Wildman–Crippen MR) is 93.9 cm³/mol. The van der Waals surface area contributed by atoms with Gasteiger partial charge in [-0.2, -0.15) is 0 Å². The van der Waals surface area contributed by atoms with Gasteiger partial charge < -0.3 is 10.1 Å². The summed E-state index contributed by atoms with van der Waals surface area (Å²) in [6.45, 7) is 3.50. The lowest BCUT2D eigenvalue weighted by Gasteiger charge is -2.15. The maximum atomic E-state index is 11.9. The second-order valence-electron chi connectivity index (χ2n) is 5.63. The topological polar surface area (TPSA) is 55.4 Å². The number of ether oxygens (including phenoxy) is 1. The Morgan fingerprint density at radius 1 is 1.12 bits per heavy atom. The van der Waals surface area contributed by atoms with Crippen LogP contribution in [0.15, 0.2) is 48.5 Å². The van der Waals surface area contributed by atoms with Gasteiger partial charge in [-0.25, -0.2) is 0 Å². The molecule has 0 aliphatic heterocycles. The first-order valence-corrected chi connectivity index (χ1v) is 8.08. The molecule has 2 rings (SSSR count). The summed E-state index contributed by atoms with van der Waals surface area (Å²) >= 11 is 6.09. The molecule has 1 atom stereocenters. The van der Waals surface area contributed by atoms with Crippen molar-refractivity contribution in [1.82, 2.24) is 5.32 Å². The normalized spacial score (nSPS) is 11.6. The average molecular weight is 346 g/mol. The van der Waals surface area contributed by atoms with E-state index in [1.54, 1.807) is 6.07 Å². The summed E-state index contributed by atoms with van der Waals surface area (Å²) in [5.41, 5.74) is 2.80. The van der Waals surface area contributed by atoms with Gasteiger partial charge in [-0.05, 0) is 31.0 Å². The second kappa shape index (κ2) is 8.50. The molecule has 0 aromatic heterocycles. The van der Waals surface area contributed by atoms with Crippen LogP contribution in [0.5, 0.6) is 0 Å². The first-order valence-electron chi connectivity index (χ1n) is 7.70. The number of carbonyl (C=O) groups is 2. The Kier molecular flexibility index (Phi) is 6.38. The highest BCUT2D eigenvalue weighted by atomic mass is 35.5. The SMILES string of the molecule is Cc1ccc(CC(=O)OCC(=O)N[C@@H](C)c2ccccc2Cl)cc1. The molecule has 0 unspecified atom stereocenters. The number of nitrogens with one attached hydrogen (secondary N) is 1. The zero-order chi connectivity index (χ0) is 17.5. The van der Waals surface area contributed by atoms with Gasteiger partial charge >= 0.3 is 5.97 Å². The lowest BCUT2D eigenvalue weighted by molar-refractivity contribution is -0.148. The fourth-order valence-electron chi connectivity index (χ4n) is 2.26. The highest BCUT2D eigenvalue weighted by molar-refractivity contribution is 6.31. The molecule has 2 aromatic rings. The molecule has 1 amide bonds. The number of amides is 1. The highest BCUT2D eigenvalue weighted by Crippen LogP contribution is 2.21. The number of esters is 1. The summed E-state index contributed by atoms with van der Waals surface area (Å²) in [7, 11) is 0. The molecule has 0 saturated heterocycles. The number of benzene rings is 2. The standard InChI is InChI=1S/C19H20ClNO3/c1-13-7-9-15(10-8-13)11-19(23)24-12-18(22)21-14(2)16-5-3-4-6-17(16)20/h3-10,14H,11-12H2,1-2H3,(H,21,22)/t14-/m0/s1. The third-order valence-corrected chi connectivity index (χ3v) is 3.93. The van der Waals surface area contributed by atoms with Crippen LogP contribution in [0.25, 0.3) is 0 Å². The van der Waals surface area contributed by atoms with Gasteiger partial charge in [0, 0.05) is 5.02 Å². The highest BCUT2D eigenvalue weighted by Gasteiger charge is 2.14. The first-order chi connectivity index (χ1) is 11.5. The number of hydrogen-bond acceptors (Lipinski definition) is 3. The molecule has 5 heteroatoms. The lowest BCUT2D eigenvalue weighted by atomic mass is 10.1. The molecule has 0 heterocycles. The Hall–Kier alpha value is -2.33. The molecule has 0 fully saturated rings. The molecular formula is C19H20ClNO3. The van der Waals surface area contributed by atoms with Crippen molar-refractivity contribution in [1.29, 1.82) is 0 Å². The van der Waals surface area contributed by atoms with Crippen molar-refractivity contribution in [3.8, 4) is 0 Å². The molecule has 0 bridgehead atoms. The van der Waals surface area contributed by atoms with E-state index < -0.39 is 5.97 Å². The van der Waals surface area contributed by atoms with Crippen LogP contribution in [0.1, 0.15) is 29.7 Å². The van der Waals surface area contributed by atoms with E-state index in [0.29, 0.717) is 5.02 Å². The minimum atomic E-state index is -0.431. The lowest BCUT2D eigenvalue weighted by Crippen LogP contribution is -2.31. The van der Waals surface area contributed by atoms with Crippen LogP contribution in [0.3, 0.4) is 0 Å². The number of hydrogen-bond donors (Lipinski definition) is 1. The number of carbonyl (C=O) groups excluding carboxylic acids is 2. The molecule has 0 spiro atoms. The summed E-state index contributed by atoms with van der Waals surface area (Å²) in [5, 5.41) is 3.35. The van der Waals surface area contributed by atoms with Gasteiger partial charge in [-0.3, -0.25) is 9.59 Å². The average Bonchev–Trinajstić information content (AvgIpc) is 2.55. The molecule has 4 nitrogen and oxygen atoms in total. The fourth-order valence-corrected chi connectivity index (χ4v) is 2.56. The van der Waals surface area contributed by atoms with E-state index in [1.807, 2.05) is 56.3 Å². The maximum Gasteiger partial charge on any atom is 0.310 e. The van der Waals surface area contributed by atoms with Crippen molar-refractivity contribution >= 4 is 23.5 Å². The van der Waals surface area contributed by atoms with Gasteiger partial charge in [0.15, 0.2) is 6.61 Å². The number of halogens is 1. The van der Waals surface area contributed by atoms with E-state index in [2.05, 4.69) is 5.32 Å².